The monoisotopic (exact) mass is 308 g/mol. The van der Waals surface area contributed by atoms with Crippen LogP contribution in [-0.2, 0) is 0 Å². The van der Waals surface area contributed by atoms with Crippen molar-refractivity contribution >= 4 is 23.0 Å². The number of piperidine rings is 1. The molecule has 0 bridgehead atoms. The van der Waals surface area contributed by atoms with Crippen LogP contribution in [0.15, 0.2) is 18.2 Å². The Morgan fingerprint density at radius 2 is 1.62 bits per heavy atom. The largest absolute Gasteiger partial charge is 0.497 e. The van der Waals surface area contributed by atoms with Gasteiger partial charge in [-0.2, -0.15) is 0 Å². The van der Waals surface area contributed by atoms with E-state index in [9.17, 15) is 0 Å². The summed E-state index contributed by atoms with van der Waals surface area (Å²) in [5, 5.41) is 4.09. The van der Waals surface area contributed by atoms with Gasteiger partial charge in [-0.15, -0.1) is 0 Å². The highest BCUT2D eigenvalue weighted by Gasteiger charge is 2.26. The Labute approximate surface area is 132 Å². The normalized spacial score (nSPS) is 21.8. The Balaban J connectivity index is 2.15. The maximum Gasteiger partial charge on any atom is 0.173 e. The zero-order valence-corrected chi connectivity index (χ0v) is 14.0. The Bertz CT molecular complexity index is 475. The second kappa shape index (κ2) is 6.98. The van der Waals surface area contributed by atoms with E-state index in [1.807, 2.05) is 18.2 Å². The predicted molar refractivity (Wildman–Crippen MR) is 90.4 cm³/mol. The van der Waals surface area contributed by atoms with E-state index in [0.717, 1.165) is 22.3 Å². The van der Waals surface area contributed by atoms with Crippen molar-refractivity contribution < 1.29 is 9.47 Å². The third kappa shape index (κ3) is 3.79. The SMILES string of the molecule is COc1cc(NC(=S)N2C(C)CCCC2C)cc(OC)c1. The molecule has 4 nitrogen and oxygen atoms in total. The molecule has 2 rings (SSSR count). The molecule has 0 aliphatic carbocycles. The van der Waals surface area contributed by atoms with Gasteiger partial charge in [0.25, 0.3) is 0 Å². The number of likely N-dealkylation sites (tertiary alicyclic amines) is 1. The quantitative estimate of drug-likeness (QED) is 0.862. The van der Waals surface area contributed by atoms with E-state index in [-0.39, 0.29) is 0 Å². The van der Waals surface area contributed by atoms with Crippen molar-refractivity contribution in [3.8, 4) is 11.5 Å². The molecule has 1 aliphatic heterocycles. The second-order valence-electron chi connectivity index (χ2n) is 5.57. The summed E-state index contributed by atoms with van der Waals surface area (Å²) in [4.78, 5) is 2.30. The van der Waals surface area contributed by atoms with Gasteiger partial charge in [0, 0.05) is 36.0 Å². The van der Waals surface area contributed by atoms with Gasteiger partial charge in [0.05, 0.1) is 14.2 Å². The number of rotatable bonds is 3. The molecule has 1 aromatic rings. The van der Waals surface area contributed by atoms with Crippen LogP contribution >= 0.6 is 12.2 Å². The van der Waals surface area contributed by atoms with Gasteiger partial charge in [0.15, 0.2) is 5.11 Å². The van der Waals surface area contributed by atoms with Crippen LogP contribution in [0.2, 0.25) is 0 Å². The Morgan fingerprint density at radius 3 is 2.10 bits per heavy atom. The molecule has 0 amide bonds. The molecule has 116 valence electrons. The number of hydrogen-bond acceptors (Lipinski definition) is 3. The van der Waals surface area contributed by atoms with Crippen molar-refractivity contribution in [2.45, 2.75) is 45.2 Å². The molecular weight excluding hydrogens is 284 g/mol. The number of anilines is 1. The smallest absolute Gasteiger partial charge is 0.173 e. The average molecular weight is 308 g/mol. The second-order valence-corrected chi connectivity index (χ2v) is 5.95. The van der Waals surface area contributed by atoms with E-state index in [1.54, 1.807) is 14.2 Å². The van der Waals surface area contributed by atoms with Crippen LogP contribution in [0.25, 0.3) is 0 Å². The van der Waals surface area contributed by atoms with Crippen LogP contribution in [-0.4, -0.2) is 36.3 Å². The lowest BCUT2D eigenvalue weighted by atomic mass is 9.98. The molecule has 1 saturated heterocycles. The van der Waals surface area contributed by atoms with Gasteiger partial charge in [0.1, 0.15) is 11.5 Å². The third-order valence-electron chi connectivity index (χ3n) is 4.03. The molecular formula is C16H24N2O2S. The lowest BCUT2D eigenvalue weighted by Crippen LogP contribution is -2.49. The first-order chi connectivity index (χ1) is 10.0. The molecule has 0 spiro atoms. The van der Waals surface area contributed by atoms with Crippen LogP contribution in [0.5, 0.6) is 11.5 Å². The van der Waals surface area contributed by atoms with Gasteiger partial charge in [-0.3, -0.25) is 0 Å². The lowest BCUT2D eigenvalue weighted by molar-refractivity contribution is 0.194. The van der Waals surface area contributed by atoms with Gasteiger partial charge in [-0.25, -0.2) is 0 Å². The van der Waals surface area contributed by atoms with E-state index in [4.69, 9.17) is 21.7 Å². The maximum absolute atomic E-state index is 5.60. The third-order valence-corrected chi connectivity index (χ3v) is 4.34. The fraction of sp³-hybridized carbons (Fsp3) is 0.562. The summed E-state index contributed by atoms with van der Waals surface area (Å²) in [6, 6.07) is 6.64. The molecule has 21 heavy (non-hydrogen) atoms. The van der Waals surface area contributed by atoms with Crippen molar-refractivity contribution in [3.05, 3.63) is 18.2 Å². The molecule has 1 fully saturated rings. The minimum Gasteiger partial charge on any atom is -0.497 e. The fourth-order valence-electron chi connectivity index (χ4n) is 2.89. The number of methoxy groups -OCH3 is 2. The minimum atomic E-state index is 0.473. The summed E-state index contributed by atoms with van der Waals surface area (Å²) >= 11 is 5.60. The molecule has 1 N–H and O–H groups in total. The predicted octanol–water partition coefficient (Wildman–Crippen LogP) is 3.66. The summed E-state index contributed by atoms with van der Waals surface area (Å²) in [5.74, 6) is 1.50. The van der Waals surface area contributed by atoms with Gasteiger partial charge in [-0.1, -0.05) is 0 Å². The molecule has 1 aliphatic rings. The van der Waals surface area contributed by atoms with Crippen LogP contribution in [0.3, 0.4) is 0 Å². The number of benzene rings is 1. The minimum absolute atomic E-state index is 0.473. The van der Waals surface area contributed by atoms with Crippen molar-refractivity contribution in [3.63, 3.8) is 0 Å². The highest BCUT2D eigenvalue weighted by molar-refractivity contribution is 7.80. The summed E-state index contributed by atoms with van der Waals surface area (Å²) in [6.07, 6.45) is 3.65. The zero-order chi connectivity index (χ0) is 15.4. The van der Waals surface area contributed by atoms with Crippen molar-refractivity contribution in [1.82, 2.24) is 4.90 Å². The Hall–Kier alpha value is -1.49. The van der Waals surface area contributed by atoms with Crippen LogP contribution in [0, 0.1) is 0 Å². The topological polar surface area (TPSA) is 33.7 Å². The van der Waals surface area contributed by atoms with E-state index >= 15 is 0 Å². The molecule has 2 unspecified atom stereocenters. The number of hydrogen-bond donors (Lipinski definition) is 1. The summed E-state index contributed by atoms with van der Waals surface area (Å²) in [5.41, 5.74) is 0.890. The first-order valence-electron chi connectivity index (χ1n) is 7.37. The van der Waals surface area contributed by atoms with Crippen LogP contribution in [0.1, 0.15) is 33.1 Å². The first kappa shape index (κ1) is 15.9. The van der Waals surface area contributed by atoms with Gasteiger partial charge in [0.2, 0.25) is 0 Å². The lowest BCUT2D eigenvalue weighted by Gasteiger charge is -2.40. The number of thiocarbonyl (C=S) groups is 1. The average Bonchev–Trinajstić information content (AvgIpc) is 2.46. The van der Waals surface area contributed by atoms with E-state index in [0.29, 0.717) is 12.1 Å². The standard InChI is InChI=1S/C16H24N2O2S/c1-11-6-5-7-12(2)18(11)16(21)17-13-8-14(19-3)10-15(9-13)20-4/h8-12H,5-7H2,1-4H3,(H,17,21). The first-order valence-corrected chi connectivity index (χ1v) is 7.78. The summed E-state index contributed by atoms with van der Waals surface area (Å²) in [7, 11) is 3.29. The molecule has 1 aromatic carbocycles. The van der Waals surface area contributed by atoms with Crippen molar-refractivity contribution in [2.75, 3.05) is 19.5 Å². The number of ether oxygens (including phenoxy) is 2. The molecule has 0 saturated carbocycles. The zero-order valence-electron chi connectivity index (χ0n) is 13.2. The van der Waals surface area contributed by atoms with Crippen molar-refractivity contribution in [2.24, 2.45) is 0 Å². The molecule has 0 radical (unpaired) electrons. The number of nitrogens with zero attached hydrogens (tertiary/aromatic N) is 1. The summed E-state index contributed by atoms with van der Waals surface area (Å²) < 4.78 is 10.6. The van der Waals surface area contributed by atoms with E-state index in [2.05, 4.69) is 24.1 Å². The summed E-state index contributed by atoms with van der Waals surface area (Å²) in [6.45, 7) is 4.46. The van der Waals surface area contributed by atoms with Crippen LogP contribution < -0.4 is 14.8 Å². The highest BCUT2D eigenvalue weighted by Crippen LogP contribution is 2.28. The fourth-order valence-corrected chi connectivity index (χ4v) is 3.37. The highest BCUT2D eigenvalue weighted by atomic mass is 32.1. The molecule has 5 heteroatoms. The van der Waals surface area contributed by atoms with E-state index < -0.39 is 0 Å². The van der Waals surface area contributed by atoms with Crippen LogP contribution in [0.4, 0.5) is 5.69 Å². The maximum atomic E-state index is 5.60. The Morgan fingerprint density at radius 1 is 1.10 bits per heavy atom. The molecule has 2 atom stereocenters. The van der Waals surface area contributed by atoms with Gasteiger partial charge in [-0.05, 0) is 45.3 Å². The molecule has 0 aromatic heterocycles. The van der Waals surface area contributed by atoms with Crippen molar-refractivity contribution in [1.29, 1.82) is 0 Å². The number of nitrogens with one attached hydrogen (secondary N) is 1. The molecule has 1 heterocycles. The van der Waals surface area contributed by atoms with Gasteiger partial charge >= 0.3 is 0 Å². The van der Waals surface area contributed by atoms with Gasteiger partial charge < -0.3 is 19.7 Å². The van der Waals surface area contributed by atoms with E-state index in [1.165, 1.54) is 19.3 Å². The Kier molecular flexibility index (Phi) is 5.28.